The lowest BCUT2D eigenvalue weighted by Crippen LogP contribution is -2.13. The topological polar surface area (TPSA) is 34.4 Å². The summed E-state index contributed by atoms with van der Waals surface area (Å²) in [5, 5.41) is 3.35. The fourth-order valence-corrected chi connectivity index (χ4v) is 2.01. The van der Waals surface area contributed by atoms with Gasteiger partial charge in [-0.25, -0.2) is 0 Å². The van der Waals surface area contributed by atoms with Crippen molar-refractivity contribution in [1.29, 1.82) is 0 Å². The van der Waals surface area contributed by atoms with Gasteiger partial charge in [-0.2, -0.15) is 0 Å². The van der Waals surface area contributed by atoms with Gasteiger partial charge < -0.3 is 14.5 Å². The number of aryl methyl sites for hydroxylation is 1. The number of hydrogen-bond acceptors (Lipinski definition) is 3. The fourth-order valence-electron chi connectivity index (χ4n) is 2.01. The minimum absolute atomic E-state index is 0.473. The molecule has 0 aliphatic heterocycles. The van der Waals surface area contributed by atoms with Crippen molar-refractivity contribution in [2.24, 2.45) is 0 Å². The van der Waals surface area contributed by atoms with Crippen LogP contribution in [-0.4, -0.2) is 6.54 Å². The van der Waals surface area contributed by atoms with E-state index in [0.717, 1.165) is 37.4 Å². The molecule has 0 atom stereocenters. The van der Waals surface area contributed by atoms with Crippen molar-refractivity contribution in [2.75, 3.05) is 6.54 Å². The van der Waals surface area contributed by atoms with E-state index in [4.69, 9.17) is 9.15 Å². The summed E-state index contributed by atoms with van der Waals surface area (Å²) in [4.78, 5) is 0. The van der Waals surface area contributed by atoms with Gasteiger partial charge in [-0.05, 0) is 43.1 Å². The van der Waals surface area contributed by atoms with Crippen LogP contribution in [-0.2, 0) is 19.6 Å². The van der Waals surface area contributed by atoms with Crippen molar-refractivity contribution in [2.45, 2.75) is 39.8 Å². The van der Waals surface area contributed by atoms with Gasteiger partial charge in [0.2, 0.25) is 0 Å². The maximum atomic E-state index is 5.76. The zero-order valence-corrected chi connectivity index (χ0v) is 12.3. The Bertz CT molecular complexity index is 519. The number of nitrogens with one attached hydrogen (secondary N) is 1. The van der Waals surface area contributed by atoms with Crippen LogP contribution in [0.25, 0.3) is 0 Å². The van der Waals surface area contributed by atoms with Crippen LogP contribution in [0, 0.1) is 0 Å². The zero-order chi connectivity index (χ0) is 14.2. The van der Waals surface area contributed by atoms with Crippen molar-refractivity contribution in [1.82, 2.24) is 5.32 Å². The highest BCUT2D eigenvalue weighted by molar-refractivity contribution is 5.28. The first-order valence-corrected chi connectivity index (χ1v) is 7.30. The second kappa shape index (κ2) is 7.75. The third-order valence-corrected chi connectivity index (χ3v) is 3.15. The van der Waals surface area contributed by atoms with E-state index >= 15 is 0 Å². The third kappa shape index (κ3) is 4.42. The van der Waals surface area contributed by atoms with E-state index in [2.05, 4.69) is 31.3 Å². The molecule has 0 fully saturated rings. The first kappa shape index (κ1) is 14.7. The Kier molecular flexibility index (Phi) is 5.69. The Balaban J connectivity index is 1.84. The van der Waals surface area contributed by atoms with Crippen molar-refractivity contribution in [3.63, 3.8) is 0 Å². The lowest BCUT2D eigenvalue weighted by atomic mass is 10.2. The summed E-state index contributed by atoms with van der Waals surface area (Å²) in [5.74, 6) is 1.76. The molecule has 1 aromatic heterocycles. The van der Waals surface area contributed by atoms with E-state index in [9.17, 15) is 0 Å². The van der Waals surface area contributed by atoms with Gasteiger partial charge in [0.15, 0.2) is 0 Å². The van der Waals surface area contributed by atoms with E-state index < -0.39 is 0 Å². The standard InChI is InChI=1S/C17H23NO2/c1-3-8-18-11-15-10-17(19-12-15)13-20-16-7-5-6-14(4-2)9-16/h5-7,9-10,12,18H,3-4,8,11,13H2,1-2H3. The molecular formula is C17H23NO2. The van der Waals surface area contributed by atoms with Crippen molar-refractivity contribution < 1.29 is 9.15 Å². The van der Waals surface area contributed by atoms with Crippen LogP contribution in [0.15, 0.2) is 41.0 Å². The van der Waals surface area contributed by atoms with Gasteiger partial charge >= 0.3 is 0 Å². The quantitative estimate of drug-likeness (QED) is 0.740. The van der Waals surface area contributed by atoms with E-state index in [0.29, 0.717) is 6.61 Å². The van der Waals surface area contributed by atoms with Crippen molar-refractivity contribution >= 4 is 0 Å². The molecular weight excluding hydrogens is 250 g/mol. The molecule has 0 unspecified atom stereocenters. The Morgan fingerprint density at radius 2 is 2.05 bits per heavy atom. The molecule has 108 valence electrons. The second-order valence-corrected chi connectivity index (χ2v) is 4.89. The second-order valence-electron chi connectivity index (χ2n) is 4.89. The summed E-state index contributed by atoms with van der Waals surface area (Å²) in [7, 11) is 0. The SMILES string of the molecule is CCCNCc1coc(COc2cccc(CC)c2)c1. The van der Waals surface area contributed by atoms with Crippen LogP contribution >= 0.6 is 0 Å². The van der Waals surface area contributed by atoms with Gasteiger partial charge in [-0.1, -0.05) is 26.0 Å². The highest BCUT2D eigenvalue weighted by Crippen LogP contribution is 2.16. The summed E-state index contributed by atoms with van der Waals surface area (Å²) in [5.41, 5.74) is 2.45. The minimum atomic E-state index is 0.473. The molecule has 0 spiro atoms. The smallest absolute Gasteiger partial charge is 0.146 e. The molecule has 2 aromatic rings. The van der Waals surface area contributed by atoms with Crippen LogP contribution in [0.2, 0.25) is 0 Å². The summed E-state index contributed by atoms with van der Waals surface area (Å²) >= 11 is 0. The molecule has 20 heavy (non-hydrogen) atoms. The molecule has 1 aromatic carbocycles. The number of furan rings is 1. The molecule has 0 aliphatic carbocycles. The number of rotatable bonds is 8. The van der Waals surface area contributed by atoms with E-state index in [1.807, 2.05) is 18.2 Å². The number of benzene rings is 1. The molecule has 1 heterocycles. The van der Waals surface area contributed by atoms with Crippen molar-refractivity contribution in [3.8, 4) is 5.75 Å². The lowest BCUT2D eigenvalue weighted by molar-refractivity contribution is 0.270. The summed E-state index contributed by atoms with van der Waals surface area (Å²) in [6, 6.07) is 10.2. The summed E-state index contributed by atoms with van der Waals surface area (Å²) < 4.78 is 11.3. The average Bonchev–Trinajstić information content (AvgIpc) is 2.94. The van der Waals surface area contributed by atoms with Crippen LogP contribution in [0.1, 0.15) is 37.2 Å². The van der Waals surface area contributed by atoms with E-state index in [-0.39, 0.29) is 0 Å². The Morgan fingerprint density at radius 1 is 1.15 bits per heavy atom. The van der Waals surface area contributed by atoms with E-state index in [1.54, 1.807) is 6.26 Å². The van der Waals surface area contributed by atoms with Crippen LogP contribution in [0.4, 0.5) is 0 Å². The molecule has 0 amide bonds. The highest BCUT2D eigenvalue weighted by Gasteiger charge is 2.03. The molecule has 0 saturated carbocycles. The largest absolute Gasteiger partial charge is 0.486 e. The molecule has 2 rings (SSSR count). The predicted octanol–water partition coefficient (Wildman–Crippen LogP) is 3.92. The molecule has 1 N–H and O–H groups in total. The molecule has 3 heteroatoms. The maximum Gasteiger partial charge on any atom is 0.146 e. The van der Waals surface area contributed by atoms with Gasteiger partial charge in [-0.3, -0.25) is 0 Å². The number of hydrogen-bond donors (Lipinski definition) is 1. The Hall–Kier alpha value is -1.74. The molecule has 0 bridgehead atoms. The third-order valence-electron chi connectivity index (χ3n) is 3.15. The maximum absolute atomic E-state index is 5.76. The van der Waals surface area contributed by atoms with Gasteiger partial charge in [-0.15, -0.1) is 0 Å². The van der Waals surface area contributed by atoms with Gasteiger partial charge in [0, 0.05) is 12.1 Å². The Labute approximate surface area is 121 Å². The normalized spacial score (nSPS) is 10.7. The van der Waals surface area contributed by atoms with Crippen molar-refractivity contribution in [3.05, 3.63) is 53.5 Å². The highest BCUT2D eigenvalue weighted by atomic mass is 16.5. The van der Waals surface area contributed by atoms with E-state index in [1.165, 1.54) is 11.1 Å². The zero-order valence-electron chi connectivity index (χ0n) is 12.3. The van der Waals surface area contributed by atoms with Gasteiger partial charge in [0.05, 0.1) is 6.26 Å². The minimum Gasteiger partial charge on any atom is -0.486 e. The van der Waals surface area contributed by atoms with Gasteiger partial charge in [0.1, 0.15) is 18.1 Å². The van der Waals surface area contributed by atoms with Crippen LogP contribution in [0.5, 0.6) is 5.75 Å². The first-order chi connectivity index (χ1) is 9.81. The first-order valence-electron chi connectivity index (χ1n) is 7.30. The fraction of sp³-hybridized carbons (Fsp3) is 0.412. The molecule has 0 aliphatic rings. The van der Waals surface area contributed by atoms with Crippen LogP contribution in [0.3, 0.4) is 0 Å². The average molecular weight is 273 g/mol. The van der Waals surface area contributed by atoms with Crippen LogP contribution < -0.4 is 10.1 Å². The van der Waals surface area contributed by atoms with Gasteiger partial charge in [0.25, 0.3) is 0 Å². The molecule has 0 saturated heterocycles. The predicted molar refractivity (Wildman–Crippen MR) is 80.9 cm³/mol. The summed E-state index contributed by atoms with van der Waals surface area (Å²) in [6.07, 6.45) is 3.95. The summed E-state index contributed by atoms with van der Waals surface area (Å²) in [6.45, 7) is 6.65. The lowest BCUT2D eigenvalue weighted by Gasteiger charge is -2.05. The molecule has 3 nitrogen and oxygen atoms in total. The number of ether oxygens (including phenoxy) is 1. The molecule has 0 radical (unpaired) electrons. The Morgan fingerprint density at radius 3 is 2.85 bits per heavy atom. The monoisotopic (exact) mass is 273 g/mol.